The zero-order valence-corrected chi connectivity index (χ0v) is 32.7. The monoisotopic (exact) mass is 914 g/mol. The minimum absolute atomic E-state index is 0. The Kier molecular flexibility index (Phi) is 19.2. The number of nitrogens with zero attached hydrogens (tertiary/aromatic N) is 4. The summed E-state index contributed by atoms with van der Waals surface area (Å²) in [7, 11) is 0. The van der Waals surface area contributed by atoms with Gasteiger partial charge in [-0.1, -0.05) is 121 Å². The Morgan fingerprint density at radius 1 is 0.352 bits per heavy atom. The van der Waals surface area contributed by atoms with Crippen molar-refractivity contribution in [3.63, 3.8) is 0 Å². The summed E-state index contributed by atoms with van der Waals surface area (Å²) in [5.41, 5.74) is 4.87. The molecular weight excluding hydrogens is 870 g/mol. The van der Waals surface area contributed by atoms with E-state index >= 15 is 0 Å². The zero-order valence-electron chi connectivity index (χ0n) is 29.4. The molecule has 4 atom stereocenters. The molecule has 0 saturated heterocycles. The normalized spacial score (nSPS) is 20.1. The summed E-state index contributed by atoms with van der Waals surface area (Å²) in [5.74, 6) is 0. The number of ether oxygens (including phenoxy) is 4. The molecule has 0 spiro atoms. The molecule has 0 aromatic heterocycles. The zero-order chi connectivity index (χ0) is 36.4. The van der Waals surface area contributed by atoms with E-state index in [4.69, 9.17) is 39.4 Å². The van der Waals surface area contributed by atoms with Crippen molar-refractivity contribution in [2.24, 2.45) is 20.0 Å². The second-order valence-electron chi connectivity index (χ2n) is 12.3. The van der Waals surface area contributed by atoms with Crippen LogP contribution in [-0.4, -0.2) is 95.4 Å². The van der Waals surface area contributed by atoms with Crippen molar-refractivity contribution in [3.8, 4) is 0 Å². The quantitative estimate of drug-likeness (QED) is 0.153. The third-order valence-electron chi connectivity index (χ3n) is 8.05. The summed E-state index contributed by atoms with van der Waals surface area (Å²) >= 11 is 0. The Labute approximate surface area is 340 Å². The average Bonchev–Trinajstić information content (AvgIpc) is 3.98. The molecule has 2 radical (unpaired) electrons. The molecule has 0 saturated carbocycles. The number of benzene rings is 4. The van der Waals surface area contributed by atoms with Crippen LogP contribution in [0, 0.1) is 0 Å². The van der Waals surface area contributed by atoms with Gasteiger partial charge in [-0.05, 0) is 47.9 Å². The molecule has 54 heavy (non-hydrogen) atoms. The molecule has 4 aromatic carbocycles. The molecular formula is C40H44N4O8Rh2. The number of aliphatic imine (C=N–C) groups is 4. The fourth-order valence-electron chi connectivity index (χ4n) is 5.57. The molecule has 4 N–H and O–H groups in total. The van der Waals surface area contributed by atoms with Crippen molar-refractivity contribution >= 4 is 24.3 Å². The summed E-state index contributed by atoms with van der Waals surface area (Å²) in [6.45, 7) is 1.95. The fourth-order valence-corrected chi connectivity index (χ4v) is 5.57. The number of aliphatic hydroxyl groups is 4. The summed E-state index contributed by atoms with van der Waals surface area (Å²) in [6.07, 6.45) is 2.58. The summed E-state index contributed by atoms with van der Waals surface area (Å²) in [5, 5.41) is 35.6. The molecule has 0 aliphatic carbocycles. The molecule has 0 fully saturated rings. The maximum absolute atomic E-state index is 8.91. The van der Waals surface area contributed by atoms with Crippen LogP contribution < -0.4 is 0 Å². The average molecular weight is 915 g/mol. The minimum atomic E-state index is -0.180. The van der Waals surface area contributed by atoms with E-state index in [-0.39, 0.29) is 87.5 Å². The van der Waals surface area contributed by atoms with Gasteiger partial charge in [0.25, 0.3) is 0 Å². The Morgan fingerprint density at radius 2 is 0.537 bits per heavy atom. The molecule has 0 unspecified atom stereocenters. The predicted molar refractivity (Wildman–Crippen MR) is 200 cm³/mol. The van der Waals surface area contributed by atoms with Crippen molar-refractivity contribution in [1.82, 2.24) is 0 Å². The number of rotatable bonds is 8. The van der Waals surface area contributed by atoms with E-state index in [1.165, 1.54) is 22.3 Å². The van der Waals surface area contributed by atoms with Crippen LogP contribution in [0.4, 0.5) is 0 Å². The van der Waals surface area contributed by atoms with E-state index in [2.05, 4.69) is 20.0 Å². The SMILES string of the molecule is OC1=N[C@@H](Cc2ccccc2)CO1.OC1=N[C@@H](Cc2ccccc2)CO1.OC1=N[C@@H](Cc2ccccc2)CO1.OC1=N[C@@H](Cc2ccccc2)CO1.[Rh].[Rh]. The maximum Gasteiger partial charge on any atom is 0.381 e. The van der Waals surface area contributed by atoms with E-state index in [9.17, 15) is 0 Å². The Hall–Kier alpha value is -4.79. The van der Waals surface area contributed by atoms with Crippen LogP contribution in [0.25, 0.3) is 0 Å². The topological polar surface area (TPSA) is 167 Å². The van der Waals surface area contributed by atoms with Gasteiger partial charge >= 0.3 is 24.3 Å². The van der Waals surface area contributed by atoms with Gasteiger partial charge in [0.05, 0.1) is 24.2 Å². The Balaban J connectivity index is 0.000000191. The molecule has 4 aromatic rings. The van der Waals surface area contributed by atoms with Gasteiger partial charge in [-0.3, -0.25) is 0 Å². The smallest absolute Gasteiger partial charge is 0.381 e. The van der Waals surface area contributed by atoms with Crippen LogP contribution in [0.15, 0.2) is 141 Å². The van der Waals surface area contributed by atoms with E-state index in [1.54, 1.807) is 0 Å². The first-order chi connectivity index (χ1) is 25.4. The van der Waals surface area contributed by atoms with Crippen molar-refractivity contribution in [3.05, 3.63) is 144 Å². The Morgan fingerprint density at radius 3 is 0.685 bits per heavy atom. The second kappa shape index (κ2) is 23.8. The van der Waals surface area contributed by atoms with Crippen LogP contribution in [0.2, 0.25) is 0 Å². The first-order valence-corrected chi connectivity index (χ1v) is 17.1. The molecule has 4 aliphatic rings. The van der Waals surface area contributed by atoms with E-state index in [0.29, 0.717) is 26.4 Å². The van der Waals surface area contributed by atoms with E-state index in [1.807, 2.05) is 121 Å². The standard InChI is InChI=1S/4C10H11NO2.2Rh/c4*12-10-11-9(7-13-10)6-8-4-2-1-3-5-8;;/h4*1-5,9H,6-7H2,(H,11,12);;/t4*9-;;/m0000../s1. The van der Waals surface area contributed by atoms with Crippen molar-refractivity contribution in [1.29, 1.82) is 0 Å². The van der Waals surface area contributed by atoms with Crippen molar-refractivity contribution in [2.75, 3.05) is 26.4 Å². The van der Waals surface area contributed by atoms with Crippen LogP contribution in [-0.2, 0) is 83.6 Å². The van der Waals surface area contributed by atoms with Crippen LogP contribution in [0.5, 0.6) is 0 Å². The third kappa shape index (κ3) is 16.1. The van der Waals surface area contributed by atoms with Crippen molar-refractivity contribution in [2.45, 2.75) is 49.9 Å². The summed E-state index contributed by atoms with van der Waals surface area (Å²) < 4.78 is 19.4. The van der Waals surface area contributed by atoms with Gasteiger partial charge in [-0.25, -0.2) is 20.0 Å². The second-order valence-corrected chi connectivity index (χ2v) is 12.3. The van der Waals surface area contributed by atoms with Gasteiger partial charge in [0, 0.05) is 39.0 Å². The van der Waals surface area contributed by atoms with Gasteiger partial charge in [0.15, 0.2) is 0 Å². The number of hydrogen-bond acceptors (Lipinski definition) is 8. The first kappa shape index (κ1) is 43.6. The maximum atomic E-state index is 8.91. The third-order valence-corrected chi connectivity index (χ3v) is 8.05. The van der Waals surface area contributed by atoms with Gasteiger partial charge in [-0.15, -0.1) is 0 Å². The van der Waals surface area contributed by atoms with Crippen molar-refractivity contribution < 1.29 is 78.3 Å². The number of hydrogen-bond donors (Lipinski definition) is 4. The van der Waals surface area contributed by atoms with Gasteiger partial charge in [0.1, 0.15) is 26.4 Å². The molecule has 12 nitrogen and oxygen atoms in total. The van der Waals surface area contributed by atoms with Crippen LogP contribution in [0.1, 0.15) is 22.3 Å². The van der Waals surface area contributed by atoms with E-state index in [0.717, 1.165) is 25.7 Å². The van der Waals surface area contributed by atoms with Gasteiger partial charge in [-0.2, -0.15) is 0 Å². The largest absolute Gasteiger partial charge is 0.466 e. The first-order valence-electron chi connectivity index (χ1n) is 17.1. The van der Waals surface area contributed by atoms with Gasteiger partial charge in [0.2, 0.25) is 0 Å². The van der Waals surface area contributed by atoms with E-state index < -0.39 is 0 Å². The van der Waals surface area contributed by atoms with Crippen LogP contribution >= 0.6 is 0 Å². The molecule has 0 amide bonds. The summed E-state index contributed by atoms with van der Waals surface area (Å²) in [6, 6.07) is 40.5. The molecule has 4 aliphatic heterocycles. The molecule has 0 bridgehead atoms. The predicted octanol–water partition coefficient (Wildman–Crippen LogP) is 6.16. The number of aliphatic hydroxyl groups excluding tert-OH is 4. The fraction of sp³-hybridized carbons (Fsp3) is 0.300. The molecule has 290 valence electrons. The minimum Gasteiger partial charge on any atom is -0.466 e. The molecule has 8 rings (SSSR count). The van der Waals surface area contributed by atoms with Gasteiger partial charge < -0.3 is 39.4 Å². The molecule has 14 heteroatoms. The summed E-state index contributed by atoms with van der Waals surface area (Å²) in [4.78, 5) is 15.7. The molecule has 4 heterocycles. The van der Waals surface area contributed by atoms with Crippen LogP contribution in [0.3, 0.4) is 0 Å². The Bertz CT molecular complexity index is 1510.